The highest BCUT2D eigenvalue weighted by Gasteiger charge is 2.17. The average molecular weight is 505 g/mol. The van der Waals surface area contributed by atoms with E-state index in [1.54, 1.807) is 24.9 Å². The van der Waals surface area contributed by atoms with Gasteiger partial charge in [-0.15, -0.1) is 0 Å². The summed E-state index contributed by atoms with van der Waals surface area (Å²) >= 11 is 0. The summed E-state index contributed by atoms with van der Waals surface area (Å²) in [6.07, 6.45) is 9.42. The van der Waals surface area contributed by atoms with Crippen LogP contribution in [0.15, 0.2) is 67.5 Å². The van der Waals surface area contributed by atoms with Gasteiger partial charge in [0.05, 0.1) is 34.3 Å². The van der Waals surface area contributed by atoms with E-state index < -0.39 is 0 Å². The van der Waals surface area contributed by atoms with Gasteiger partial charge in [-0.2, -0.15) is 5.10 Å². The Morgan fingerprint density at radius 3 is 2.66 bits per heavy atom. The average Bonchev–Trinajstić information content (AvgIpc) is 3.60. The van der Waals surface area contributed by atoms with Crippen molar-refractivity contribution in [2.75, 3.05) is 5.32 Å². The molecule has 9 nitrogen and oxygen atoms in total. The molecule has 38 heavy (non-hydrogen) atoms. The van der Waals surface area contributed by atoms with Crippen LogP contribution in [-0.2, 0) is 4.79 Å². The minimum absolute atomic E-state index is 0.0254. The standard InChI is InChI=1S/C29H28N8O/c1-17-15-37(16-32-17)28-22-11-25(34-23(22)7-8-31-28)27-21-10-18(5-6-24(21)35-36-27)19-9-20(14-30-13-19)33-26(38)12-29(2,3)4/h5-11,13-16,34H,12H2,1-4H3,(H,33,38)(H,35,36). The number of aromatic amines is 2. The van der Waals surface area contributed by atoms with Gasteiger partial charge in [-0.05, 0) is 48.2 Å². The molecule has 0 aliphatic rings. The number of nitrogens with one attached hydrogen (secondary N) is 3. The van der Waals surface area contributed by atoms with E-state index in [9.17, 15) is 4.79 Å². The molecule has 6 aromatic rings. The number of fused-ring (bicyclic) bond motifs is 2. The molecular formula is C29H28N8O. The van der Waals surface area contributed by atoms with Gasteiger partial charge < -0.3 is 10.3 Å². The van der Waals surface area contributed by atoms with Gasteiger partial charge in [0.1, 0.15) is 17.8 Å². The molecule has 0 saturated heterocycles. The fourth-order valence-corrected chi connectivity index (χ4v) is 4.66. The highest BCUT2D eigenvalue weighted by atomic mass is 16.1. The Bertz CT molecular complexity index is 1800. The molecule has 0 fully saturated rings. The van der Waals surface area contributed by atoms with Crippen molar-refractivity contribution in [1.29, 1.82) is 0 Å². The zero-order valence-corrected chi connectivity index (χ0v) is 21.7. The first kappa shape index (κ1) is 23.6. The largest absolute Gasteiger partial charge is 0.353 e. The summed E-state index contributed by atoms with van der Waals surface area (Å²) < 4.78 is 1.93. The van der Waals surface area contributed by atoms with Crippen LogP contribution in [0.5, 0.6) is 0 Å². The van der Waals surface area contributed by atoms with Crippen molar-refractivity contribution in [3.63, 3.8) is 0 Å². The van der Waals surface area contributed by atoms with Crippen LogP contribution >= 0.6 is 0 Å². The highest BCUT2D eigenvalue weighted by molar-refractivity contribution is 5.99. The molecule has 5 heterocycles. The van der Waals surface area contributed by atoms with E-state index in [-0.39, 0.29) is 11.3 Å². The van der Waals surface area contributed by atoms with Crippen molar-refractivity contribution < 1.29 is 4.79 Å². The molecule has 0 spiro atoms. The van der Waals surface area contributed by atoms with Crippen molar-refractivity contribution in [3.05, 3.63) is 73.2 Å². The van der Waals surface area contributed by atoms with Crippen molar-refractivity contribution in [3.8, 4) is 28.3 Å². The lowest BCUT2D eigenvalue weighted by Crippen LogP contribution is -2.19. The van der Waals surface area contributed by atoms with Crippen LogP contribution in [0, 0.1) is 12.3 Å². The summed E-state index contributed by atoms with van der Waals surface area (Å²) in [5.41, 5.74) is 6.99. The number of amides is 1. The molecule has 0 aliphatic heterocycles. The molecule has 0 radical (unpaired) electrons. The van der Waals surface area contributed by atoms with Gasteiger partial charge in [-0.25, -0.2) is 9.97 Å². The van der Waals surface area contributed by atoms with Crippen molar-refractivity contribution >= 4 is 33.4 Å². The summed E-state index contributed by atoms with van der Waals surface area (Å²) in [6, 6.07) is 12.1. The number of aromatic nitrogens is 7. The third kappa shape index (κ3) is 4.54. The number of rotatable bonds is 5. The molecule has 9 heteroatoms. The molecule has 3 N–H and O–H groups in total. The van der Waals surface area contributed by atoms with Crippen molar-refractivity contribution in [1.82, 2.24) is 34.7 Å². The normalized spacial score (nSPS) is 11.9. The third-order valence-corrected chi connectivity index (χ3v) is 6.35. The van der Waals surface area contributed by atoms with Crippen molar-refractivity contribution in [2.24, 2.45) is 5.41 Å². The van der Waals surface area contributed by atoms with E-state index in [2.05, 4.69) is 47.6 Å². The number of aryl methyl sites for hydroxylation is 1. The number of benzene rings is 1. The van der Waals surface area contributed by atoms with E-state index in [0.717, 1.165) is 55.8 Å². The van der Waals surface area contributed by atoms with Crippen LogP contribution < -0.4 is 5.32 Å². The topological polar surface area (TPSA) is 117 Å². The zero-order chi connectivity index (χ0) is 26.4. The monoisotopic (exact) mass is 504 g/mol. The maximum atomic E-state index is 12.4. The van der Waals surface area contributed by atoms with E-state index in [1.807, 2.05) is 62.7 Å². The number of hydrogen-bond donors (Lipinski definition) is 3. The van der Waals surface area contributed by atoms with E-state index in [0.29, 0.717) is 12.1 Å². The summed E-state index contributed by atoms with van der Waals surface area (Å²) in [5.74, 6) is 0.782. The summed E-state index contributed by atoms with van der Waals surface area (Å²) in [4.78, 5) is 29.2. The van der Waals surface area contributed by atoms with Crippen LogP contribution in [-0.4, -0.2) is 40.6 Å². The second-order valence-electron chi connectivity index (χ2n) is 10.8. The lowest BCUT2D eigenvalue weighted by molar-refractivity contribution is -0.117. The Labute approximate surface area is 219 Å². The van der Waals surface area contributed by atoms with Gasteiger partial charge in [0.2, 0.25) is 5.91 Å². The molecule has 190 valence electrons. The second kappa shape index (κ2) is 8.95. The summed E-state index contributed by atoms with van der Waals surface area (Å²) in [7, 11) is 0. The van der Waals surface area contributed by atoms with Crippen molar-refractivity contribution in [2.45, 2.75) is 34.1 Å². The number of hydrogen-bond acceptors (Lipinski definition) is 5. The molecule has 0 aliphatic carbocycles. The van der Waals surface area contributed by atoms with E-state index in [4.69, 9.17) is 0 Å². The lowest BCUT2D eigenvalue weighted by Gasteiger charge is -2.17. The lowest BCUT2D eigenvalue weighted by atomic mass is 9.92. The minimum Gasteiger partial charge on any atom is -0.353 e. The fourth-order valence-electron chi connectivity index (χ4n) is 4.66. The van der Waals surface area contributed by atoms with Gasteiger partial charge in [-0.1, -0.05) is 26.8 Å². The fraction of sp³-hybridized carbons (Fsp3) is 0.207. The molecule has 1 amide bonds. The number of carbonyl (C=O) groups excluding carboxylic acids is 1. The predicted octanol–water partition coefficient (Wildman–Crippen LogP) is 6.04. The third-order valence-electron chi connectivity index (χ3n) is 6.35. The predicted molar refractivity (Wildman–Crippen MR) is 149 cm³/mol. The van der Waals surface area contributed by atoms with Gasteiger partial charge in [0.25, 0.3) is 0 Å². The maximum absolute atomic E-state index is 12.4. The first-order valence-electron chi connectivity index (χ1n) is 12.5. The molecule has 0 saturated carbocycles. The molecular weight excluding hydrogens is 476 g/mol. The Morgan fingerprint density at radius 2 is 1.87 bits per heavy atom. The Balaban J connectivity index is 1.36. The number of pyridine rings is 2. The number of H-pyrrole nitrogens is 2. The van der Waals surface area contributed by atoms with Crippen LogP contribution in [0.4, 0.5) is 5.69 Å². The summed E-state index contributed by atoms with van der Waals surface area (Å²) in [6.45, 7) is 8.09. The zero-order valence-electron chi connectivity index (χ0n) is 21.7. The molecule has 6 rings (SSSR count). The van der Waals surface area contributed by atoms with Crippen LogP contribution in [0.25, 0.3) is 50.1 Å². The quantitative estimate of drug-likeness (QED) is 0.265. The van der Waals surface area contributed by atoms with E-state index >= 15 is 0 Å². The first-order chi connectivity index (χ1) is 18.2. The number of nitrogens with zero attached hydrogens (tertiary/aromatic N) is 5. The molecule has 1 aromatic carbocycles. The summed E-state index contributed by atoms with van der Waals surface area (Å²) in [5, 5.41) is 12.7. The smallest absolute Gasteiger partial charge is 0.224 e. The Hall–Kier alpha value is -4.79. The van der Waals surface area contributed by atoms with Crippen LogP contribution in [0.3, 0.4) is 0 Å². The van der Waals surface area contributed by atoms with Gasteiger partial charge in [-0.3, -0.25) is 19.4 Å². The van der Waals surface area contributed by atoms with Gasteiger partial charge in [0, 0.05) is 41.3 Å². The van der Waals surface area contributed by atoms with Gasteiger partial charge >= 0.3 is 0 Å². The molecule has 0 atom stereocenters. The maximum Gasteiger partial charge on any atom is 0.224 e. The SMILES string of the molecule is Cc1cn(-c2nccc3[nH]c(-c4n[nH]c5ccc(-c6cncc(NC(=O)CC(C)(C)C)c6)cc45)cc23)cn1. The van der Waals surface area contributed by atoms with Gasteiger partial charge in [0.15, 0.2) is 0 Å². The molecule has 0 bridgehead atoms. The Kier molecular flexibility index (Phi) is 5.56. The van der Waals surface area contributed by atoms with Crippen LogP contribution in [0.2, 0.25) is 0 Å². The van der Waals surface area contributed by atoms with Crippen LogP contribution in [0.1, 0.15) is 32.9 Å². The number of anilines is 1. The first-order valence-corrected chi connectivity index (χ1v) is 12.5. The molecule has 0 unspecified atom stereocenters. The number of imidazole rings is 1. The highest BCUT2D eigenvalue weighted by Crippen LogP contribution is 2.33. The number of carbonyl (C=O) groups is 1. The molecule has 5 aromatic heterocycles. The van der Waals surface area contributed by atoms with E-state index in [1.165, 1.54) is 0 Å². The minimum atomic E-state index is -0.0883. The second-order valence-corrected chi connectivity index (χ2v) is 10.8. The Morgan fingerprint density at radius 1 is 1.00 bits per heavy atom.